The number of likely N-dealkylation sites (tertiary alicyclic amines) is 1. The minimum Gasteiger partial charge on any atom is -0.494 e. The smallest absolute Gasteiger partial charge is 0.309 e. The molecule has 4 heteroatoms. The summed E-state index contributed by atoms with van der Waals surface area (Å²) < 4.78 is 11.1. The van der Waals surface area contributed by atoms with Crippen LogP contribution in [0.25, 0.3) is 0 Å². The molecule has 25 heavy (non-hydrogen) atoms. The van der Waals surface area contributed by atoms with Crippen LogP contribution in [0.1, 0.15) is 50.2 Å². The maximum absolute atomic E-state index is 11.8. The number of nitrogens with one attached hydrogen (secondary N) is 1. The largest absolute Gasteiger partial charge is 0.494 e. The zero-order valence-electron chi connectivity index (χ0n) is 15.5. The summed E-state index contributed by atoms with van der Waals surface area (Å²) in [4.78, 5) is 13.4. The normalized spacial score (nSPS) is 22.4. The zero-order chi connectivity index (χ0) is 17.5. The van der Waals surface area contributed by atoms with Crippen LogP contribution in [0.2, 0.25) is 0 Å². The van der Waals surface area contributed by atoms with Crippen LogP contribution >= 0.6 is 0 Å². The number of hydrogen-bond acceptors (Lipinski definition) is 3. The van der Waals surface area contributed by atoms with Gasteiger partial charge >= 0.3 is 5.97 Å². The van der Waals surface area contributed by atoms with Crippen LogP contribution in [0, 0.1) is 5.92 Å². The number of quaternary nitrogens is 1. The molecular weight excluding hydrogens is 314 g/mol. The predicted octanol–water partition coefficient (Wildman–Crippen LogP) is 2.19. The number of esters is 1. The van der Waals surface area contributed by atoms with Gasteiger partial charge in [0.15, 0.2) is 0 Å². The molecule has 0 bridgehead atoms. The first-order chi connectivity index (χ1) is 12.3. The summed E-state index contributed by atoms with van der Waals surface area (Å²) in [6.45, 7) is 6.55. The summed E-state index contributed by atoms with van der Waals surface area (Å²) in [5.74, 6) is 1.17. The fourth-order valence-corrected chi connectivity index (χ4v) is 4.08. The van der Waals surface area contributed by atoms with Gasteiger partial charge in [-0.2, -0.15) is 0 Å². The highest BCUT2D eigenvalue weighted by Gasteiger charge is 2.27. The van der Waals surface area contributed by atoms with Crippen molar-refractivity contribution in [2.24, 2.45) is 5.92 Å². The third kappa shape index (κ3) is 5.21. The van der Waals surface area contributed by atoms with E-state index >= 15 is 0 Å². The molecule has 0 unspecified atom stereocenters. The van der Waals surface area contributed by atoms with Gasteiger partial charge in [-0.3, -0.25) is 4.79 Å². The average Bonchev–Trinajstić information content (AvgIpc) is 3.10. The molecule has 1 aliphatic heterocycles. The van der Waals surface area contributed by atoms with Crippen molar-refractivity contribution >= 4 is 5.97 Å². The number of benzene rings is 1. The lowest BCUT2D eigenvalue weighted by Gasteiger charge is -2.28. The lowest BCUT2D eigenvalue weighted by molar-refractivity contribution is -0.906. The highest BCUT2D eigenvalue weighted by atomic mass is 16.5. The Kier molecular flexibility index (Phi) is 6.74. The molecule has 0 radical (unpaired) electrons. The van der Waals surface area contributed by atoms with E-state index in [4.69, 9.17) is 9.47 Å². The van der Waals surface area contributed by atoms with Gasteiger partial charge in [0.1, 0.15) is 5.75 Å². The van der Waals surface area contributed by atoms with Gasteiger partial charge in [-0.1, -0.05) is 6.07 Å². The van der Waals surface area contributed by atoms with Crippen LogP contribution in [-0.2, 0) is 22.4 Å². The molecule has 138 valence electrons. The Labute approximate surface area is 151 Å². The number of rotatable bonds is 8. The molecular formula is C21H32NO3+. The average molecular weight is 346 g/mol. The molecule has 1 heterocycles. The highest BCUT2D eigenvalue weighted by Crippen LogP contribution is 2.26. The molecule has 0 spiro atoms. The Morgan fingerprint density at radius 3 is 2.76 bits per heavy atom. The Hall–Kier alpha value is -1.55. The Bertz CT molecular complexity index is 564. The van der Waals surface area contributed by atoms with Crippen LogP contribution in [-0.4, -0.2) is 38.8 Å². The van der Waals surface area contributed by atoms with E-state index in [2.05, 4.69) is 18.2 Å². The van der Waals surface area contributed by atoms with Crippen molar-refractivity contribution in [3.63, 3.8) is 0 Å². The third-order valence-electron chi connectivity index (χ3n) is 5.58. The van der Waals surface area contributed by atoms with E-state index in [9.17, 15) is 4.79 Å². The first kappa shape index (κ1) is 18.2. The summed E-state index contributed by atoms with van der Waals surface area (Å²) in [7, 11) is 0. The standard InChI is InChI=1S/C21H31NO3/c1-2-24-21(23)18-10-13-22(14-11-18)12-3-4-15-25-20-9-8-17-6-5-7-19(17)16-20/h8-9,16,18H,2-7,10-15H2,1H3/p+1. The number of carbonyl (C=O) groups is 1. The number of aryl methyl sites for hydroxylation is 2. The van der Waals surface area contributed by atoms with E-state index in [1.165, 1.54) is 43.4 Å². The molecule has 1 aromatic carbocycles. The maximum Gasteiger partial charge on any atom is 0.309 e. The van der Waals surface area contributed by atoms with Crippen molar-refractivity contribution in [3.8, 4) is 5.75 Å². The highest BCUT2D eigenvalue weighted by molar-refractivity contribution is 5.72. The molecule has 0 amide bonds. The number of ether oxygens (including phenoxy) is 2. The molecule has 1 aromatic rings. The summed E-state index contributed by atoms with van der Waals surface area (Å²) in [6, 6.07) is 6.58. The Balaban J connectivity index is 1.27. The Morgan fingerprint density at radius 1 is 1.16 bits per heavy atom. The van der Waals surface area contributed by atoms with Gasteiger partial charge in [0.25, 0.3) is 0 Å². The first-order valence-electron chi connectivity index (χ1n) is 10.0. The first-order valence-corrected chi connectivity index (χ1v) is 10.0. The van der Waals surface area contributed by atoms with Crippen molar-refractivity contribution in [3.05, 3.63) is 29.3 Å². The lowest BCUT2D eigenvalue weighted by Crippen LogP contribution is -3.13. The van der Waals surface area contributed by atoms with Crippen LogP contribution in [0.3, 0.4) is 0 Å². The summed E-state index contributed by atoms with van der Waals surface area (Å²) >= 11 is 0. The van der Waals surface area contributed by atoms with Gasteiger partial charge < -0.3 is 14.4 Å². The number of piperidine rings is 1. The molecule has 1 saturated heterocycles. The second-order valence-electron chi connectivity index (χ2n) is 7.37. The fraction of sp³-hybridized carbons (Fsp3) is 0.667. The monoisotopic (exact) mass is 346 g/mol. The summed E-state index contributed by atoms with van der Waals surface area (Å²) in [5, 5.41) is 0. The van der Waals surface area contributed by atoms with Crippen molar-refractivity contribution in [1.82, 2.24) is 0 Å². The summed E-state index contributed by atoms with van der Waals surface area (Å²) in [6.07, 6.45) is 7.95. The minimum absolute atomic E-state index is 0.00398. The quantitative estimate of drug-likeness (QED) is 0.579. The number of hydrogen-bond donors (Lipinski definition) is 1. The Morgan fingerprint density at radius 2 is 1.96 bits per heavy atom. The molecule has 4 nitrogen and oxygen atoms in total. The molecule has 2 aliphatic rings. The minimum atomic E-state index is 0.00398. The van der Waals surface area contributed by atoms with Crippen LogP contribution < -0.4 is 9.64 Å². The molecule has 1 aliphatic carbocycles. The number of fused-ring (bicyclic) bond motifs is 1. The lowest BCUT2D eigenvalue weighted by atomic mass is 9.97. The van der Waals surface area contributed by atoms with Gasteiger partial charge in [0.05, 0.1) is 38.8 Å². The topological polar surface area (TPSA) is 40.0 Å². The van der Waals surface area contributed by atoms with Crippen LogP contribution in [0.4, 0.5) is 0 Å². The second kappa shape index (κ2) is 9.23. The van der Waals surface area contributed by atoms with Crippen molar-refractivity contribution in [2.45, 2.75) is 51.9 Å². The maximum atomic E-state index is 11.8. The van der Waals surface area contributed by atoms with Gasteiger partial charge in [0, 0.05) is 12.8 Å². The van der Waals surface area contributed by atoms with Gasteiger partial charge in [-0.05, 0) is 62.3 Å². The summed E-state index contributed by atoms with van der Waals surface area (Å²) in [5.41, 5.74) is 2.98. The molecule has 1 fully saturated rings. The van der Waals surface area contributed by atoms with Crippen molar-refractivity contribution in [2.75, 3.05) is 32.8 Å². The van der Waals surface area contributed by atoms with E-state index in [1.807, 2.05) is 6.92 Å². The number of carbonyl (C=O) groups excluding carboxylic acids is 1. The van der Waals surface area contributed by atoms with Crippen molar-refractivity contribution < 1.29 is 19.2 Å². The van der Waals surface area contributed by atoms with E-state index in [-0.39, 0.29) is 11.9 Å². The van der Waals surface area contributed by atoms with E-state index in [0.29, 0.717) is 6.61 Å². The zero-order valence-corrected chi connectivity index (χ0v) is 15.5. The van der Waals surface area contributed by atoms with Crippen LogP contribution in [0.15, 0.2) is 18.2 Å². The third-order valence-corrected chi connectivity index (χ3v) is 5.58. The fourth-order valence-electron chi connectivity index (χ4n) is 4.08. The van der Waals surface area contributed by atoms with Crippen LogP contribution in [0.5, 0.6) is 5.75 Å². The molecule has 1 N–H and O–H groups in total. The molecule has 0 aromatic heterocycles. The second-order valence-corrected chi connectivity index (χ2v) is 7.37. The van der Waals surface area contributed by atoms with Gasteiger partial charge in [-0.25, -0.2) is 0 Å². The predicted molar refractivity (Wildman–Crippen MR) is 98.1 cm³/mol. The number of unbranched alkanes of at least 4 members (excludes halogenated alkanes) is 1. The van der Waals surface area contributed by atoms with E-state index in [0.717, 1.165) is 44.7 Å². The van der Waals surface area contributed by atoms with Crippen molar-refractivity contribution in [1.29, 1.82) is 0 Å². The van der Waals surface area contributed by atoms with E-state index in [1.54, 1.807) is 4.90 Å². The molecule has 0 saturated carbocycles. The van der Waals surface area contributed by atoms with Gasteiger partial charge in [0.2, 0.25) is 0 Å². The van der Waals surface area contributed by atoms with Gasteiger partial charge in [-0.15, -0.1) is 0 Å². The molecule has 3 rings (SSSR count). The van der Waals surface area contributed by atoms with E-state index < -0.39 is 0 Å². The SMILES string of the molecule is CCOC(=O)C1CC[NH+](CCCCOc2ccc3c(c2)CCC3)CC1. The molecule has 0 atom stereocenters.